The number of hydrogen-bond donors (Lipinski definition) is 1. The molecule has 0 aliphatic rings. The molecule has 1 N–H and O–H groups in total. The van der Waals surface area contributed by atoms with Crippen LogP contribution in [0.1, 0.15) is 38.2 Å². The number of hydrogen-bond acceptors (Lipinski definition) is 2. The fraction of sp³-hybridized carbons (Fsp3) is 0.500. The van der Waals surface area contributed by atoms with E-state index in [0.29, 0.717) is 12.8 Å². The molecule has 2 amide bonds. The van der Waals surface area contributed by atoms with Crippen molar-refractivity contribution in [1.82, 2.24) is 10.4 Å². The first-order valence-corrected chi connectivity index (χ1v) is 7.56. The maximum atomic E-state index is 12.4. The summed E-state index contributed by atoms with van der Waals surface area (Å²) < 4.78 is 37.2. The number of rotatable bonds is 7. The summed E-state index contributed by atoms with van der Waals surface area (Å²) in [5.74, 6) is -2.64. The van der Waals surface area contributed by atoms with Crippen LogP contribution in [0.25, 0.3) is 0 Å². The topological polar surface area (TPSA) is 49.4 Å². The van der Waals surface area contributed by atoms with Gasteiger partial charge in [-0.1, -0.05) is 50.1 Å². The van der Waals surface area contributed by atoms with Crippen LogP contribution in [0.4, 0.5) is 13.2 Å². The monoisotopic (exact) mass is 330 g/mol. The van der Waals surface area contributed by atoms with Gasteiger partial charge in [-0.15, -0.1) is 0 Å². The molecule has 0 spiro atoms. The van der Waals surface area contributed by atoms with Crippen molar-refractivity contribution in [3.63, 3.8) is 0 Å². The van der Waals surface area contributed by atoms with Gasteiger partial charge < -0.3 is 0 Å². The third-order valence-electron chi connectivity index (χ3n) is 3.26. The second-order valence-electron chi connectivity index (χ2n) is 5.18. The number of amides is 2. The predicted octanol–water partition coefficient (Wildman–Crippen LogP) is 3.23. The highest BCUT2D eigenvalue weighted by Crippen LogP contribution is 2.15. The van der Waals surface area contributed by atoms with Gasteiger partial charge in [0.25, 0.3) is 0 Å². The highest BCUT2D eigenvalue weighted by molar-refractivity contribution is 5.85. The normalized spacial score (nSPS) is 11.1. The van der Waals surface area contributed by atoms with Gasteiger partial charge in [-0.25, -0.2) is 0 Å². The number of carbonyl (C=O) groups excluding carboxylic acids is 2. The van der Waals surface area contributed by atoms with Crippen LogP contribution in [-0.2, 0) is 16.0 Å². The minimum absolute atomic E-state index is 0.00318. The van der Waals surface area contributed by atoms with E-state index < -0.39 is 18.0 Å². The fourth-order valence-electron chi connectivity index (χ4n) is 1.98. The number of nitrogens with zero attached hydrogens (tertiary/aromatic N) is 1. The summed E-state index contributed by atoms with van der Waals surface area (Å²) in [7, 11) is 0. The minimum atomic E-state index is -5.02. The van der Waals surface area contributed by atoms with Gasteiger partial charge in [-0.05, 0) is 18.4 Å². The molecule has 1 rings (SSSR count). The van der Waals surface area contributed by atoms with Gasteiger partial charge in [0.05, 0.1) is 0 Å². The van der Waals surface area contributed by atoms with E-state index in [0.717, 1.165) is 23.4 Å². The standard InChI is InChI=1S/C16H21F3N2O2/c1-2-3-5-10-14(22)21(20-15(23)16(17,18)19)12-11-13-8-6-4-7-9-13/h4,6-9H,2-3,5,10-12H2,1H3,(H,20,23). The molecule has 0 radical (unpaired) electrons. The number of benzene rings is 1. The van der Waals surface area contributed by atoms with Crippen molar-refractivity contribution in [1.29, 1.82) is 0 Å². The summed E-state index contributed by atoms with van der Waals surface area (Å²) in [5.41, 5.74) is 2.55. The summed E-state index contributed by atoms with van der Waals surface area (Å²) in [4.78, 5) is 23.1. The molecule has 128 valence electrons. The first-order valence-electron chi connectivity index (χ1n) is 7.56. The molecule has 0 aromatic heterocycles. The molecule has 0 bridgehead atoms. The van der Waals surface area contributed by atoms with Gasteiger partial charge in [-0.2, -0.15) is 13.2 Å². The smallest absolute Gasteiger partial charge is 0.273 e. The van der Waals surface area contributed by atoms with Crippen molar-refractivity contribution in [2.75, 3.05) is 6.54 Å². The van der Waals surface area contributed by atoms with Gasteiger partial charge in [0.1, 0.15) is 0 Å². The second-order valence-corrected chi connectivity index (χ2v) is 5.18. The van der Waals surface area contributed by atoms with Crippen LogP contribution in [0, 0.1) is 0 Å². The second kappa shape index (κ2) is 9.17. The van der Waals surface area contributed by atoms with Crippen molar-refractivity contribution in [2.24, 2.45) is 0 Å². The third-order valence-corrected chi connectivity index (χ3v) is 3.26. The number of carbonyl (C=O) groups is 2. The Morgan fingerprint density at radius 3 is 2.35 bits per heavy atom. The van der Waals surface area contributed by atoms with E-state index in [4.69, 9.17) is 0 Å². The van der Waals surface area contributed by atoms with Gasteiger partial charge in [-0.3, -0.25) is 20.0 Å². The Balaban J connectivity index is 2.67. The van der Waals surface area contributed by atoms with Crippen LogP contribution >= 0.6 is 0 Å². The Labute approximate surface area is 133 Å². The van der Waals surface area contributed by atoms with Crippen LogP contribution in [0.5, 0.6) is 0 Å². The van der Waals surface area contributed by atoms with E-state index in [1.165, 1.54) is 0 Å². The summed E-state index contributed by atoms with van der Waals surface area (Å²) in [6.07, 6.45) is -2.26. The van der Waals surface area contributed by atoms with E-state index in [2.05, 4.69) is 0 Å². The molecule has 0 saturated heterocycles. The molecule has 1 aromatic carbocycles. The average molecular weight is 330 g/mol. The summed E-state index contributed by atoms with van der Waals surface area (Å²) in [6, 6.07) is 9.05. The molecule has 0 fully saturated rings. The van der Waals surface area contributed by atoms with Crippen molar-refractivity contribution in [2.45, 2.75) is 45.2 Å². The zero-order valence-corrected chi connectivity index (χ0v) is 13.0. The Hall–Kier alpha value is -2.05. The molecule has 1 aromatic rings. The first-order chi connectivity index (χ1) is 10.8. The molecular weight excluding hydrogens is 309 g/mol. The first kappa shape index (κ1) is 19.0. The molecule has 0 aliphatic heterocycles. The van der Waals surface area contributed by atoms with Gasteiger partial charge in [0, 0.05) is 13.0 Å². The molecule has 0 saturated carbocycles. The van der Waals surface area contributed by atoms with E-state index in [1.807, 2.05) is 25.1 Å². The van der Waals surface area contributed by atoms with Gasteiger partial charge in [0.2, 0.25) is 5.91 Å². The number of unbranched alkanes of at least 4 members (excludes halogenated alkanes) is 2. The lowest BCUT2D eigenvalue weighted by atomic mass is 10.1. The van der Waals surface area contributed by atoms with Crippen molar-refractivity contribution in [3.8, 4) is 0 Å². The maximum absolute atomic E-state index is 12.4. The van der Waals surface area contributed by atoms with Gasteiger partial charge >= 0.3 is 12.1 Å². The SMILES string of the molecule is CCCCCC(=O)N(CCc1ccccc1)NC(=O)C(F)(F)F. The van der Waals surface area contributed by atoms with Crippen molar-refractivity contribution in [3.05, 3.63) is 35.9 Å². The number of halogens is 3. The molecule has 7 heteroatoms. The molecule has 4 nitrogen and oxygen atoms in total. The zero-order valence-electron chi connectivity index (χ0n) is 13.0. The molecule has 0 unspecified atom stereocenters. The van der Waals surface area contributed by atoms with Crippen LogP contribution < -0.4 is 5.43 Å². The fourth-order valence-corrected chi connectivity index (χ4v) is 1.98. The summed E-state index contributed by atoms with van der Waals surface area (Å²) >= 11 is 0. The van der Waals surface area contributed by atoms with Crippen LogP contribution in [0.15, 0.2) is 30.3 Å². The highest BCUT2D eigenvalue weighted by Gasteiger charge is 2.40. The highest BCUT2D eigenvalue weighted by atomic mass is 19.4. The summed E-state index contributed by atoms with van der Waals surface area (Å²) in [5, 5.41) is 0.776. The van der Waals surface area contributed by atoms with Crippen LogP contribution in [-0.4, -0.2) is 29.5 Å². The van der Waals surface area contributed by atoms with Crippen molar-refractivity contribution >= 4 is 11.8 Å². The number of nitrogens with one attached hydrogen (secondary N) is 1. The lowest BCUT2D eigenvalue weighted by molar-refractivity contribution is -0.180. The van der Waals surface area contributed by atoms with E-state index >= 15 is 0 Å². The molecule has 0 aliphatic carbocycles. The van der Waals surface area contributed by atoms with Crippen molar-refractivity contribution < 1.29 is 22.8 Å². The quantitative estimate of drug-likeness (QED) is 0.616. The van der Waals surface area contributed by atoms with E-state index in [-0.39, 0.29) is 13.0 Å². The maximum Gasteiger partial charge on any atom is 0.472 e. The Bertz CT molecular complexity index is 504. The van der Waals surface area contributed by atoms with Crippen LogP contribution in [0.3, 0.4) is 0 Å². The molecule has 23 heavy (non-hydrogen) atoms. The molecular formula is C16H21F3N2O2. The average Bonchev–Trinajstić information content (AvgIpc) is 2.51. The Morgan fingerprint density at radius 1 is 1.13 bits per heavy atom. The number of hydrazine groups is 1. The van der Waals surface area contributed by atoms with E-state index in [9.17, 15) is 22.8 Å². The third kappa shape index (κ3) is 7.17. The largest absolute Gasteiger partial charge is 0.472 e. The van der Waals surface area contributed by atoms with E-state index in [1.54, 1.807) is 17.6 Å². The Morgan fingerprint density at radius 2 is 1.78 bits per heavy atom. The minimum Gasteiger partial charge on any atom is -0.273 e. The lowest BCUT2D eigenvalue weighted by Crippen LogP contribution is -2.51. The number of alkyl halides is 3. The zero-order chi connectivity index (χ0) is 17.3. The van der Waals surface area contributed by atoms with Gasteiger partial charge in [0.15, 0.2) is 0 Å². The Kier molecular flexibility index (Phi) is 7.57. The summed E-state index contributed by atoms with van der Waals surface area (Å²) in [6.45, 7) is 1.96. The lowest BCUT2D eigenvalue weighted by Gasteiger charge is -2.24. The molecule has 0 atom stereocenters. The predicted molar refractivity (Wildman–Crippen MR) is 80.2 cm³/mol. The van der Waals surface area contributed by atoms with Crippen LogP contribution in [0.2, 0.25) is 0 Å². The molecule has 0 heterocycles.